The molecule has 2 aliphatic rings. The van der Waals surface area contributed by atoms with Crippen LogP contribution in [0.3, 0.4) is 0 Å². The fourth-order valence-electron chi connectivity index (χ4n) is 8.76. The second-order valence-electron chi connectivity index (χ2n) is 19.9. The average molecular weight is 1060 g/mol. The van der Waals surface area contributed by atoms with Crippen molar-refractivity contribution in [2.24, 2.45) is 16.3 Å². The van der Waals surface area contributed by atoms with Gasteiger partial charge in [-0.05, 0) is 75.3 Å². The van der Waals surface area contributed by atoms with Crippen LogP contribution in [0.4, 0.5) is 0 Å². The van der Waals surface area contributed by atoms with Crippen molar-refractivity contribution in [2.45, 2.75) is 119 Å². The molecule has 390 valence electrons. The van der Waals surface area contributed by atoms with Crippen LogP contribution < -0.4 is 16.0 Å². The van der Waals surface area contributed by atoms with E-state index in [9.17, 15) is 24.0 Å². The van der Waals surface area contributed by atoms with Crippen LogP contribution in [0.5, 0.6) is 0 Å². The van der Waals surface area contributed by atoms with E-state index in [1.807, 2.05) is 100 Å². The Kier molecular flexibility index (Phi) is 18.0. The molecule has 2 aromatic carbocycles. The van der Waals surface area contributed by atoms with E-state index < -0.39 is 65.3 Å². The Morgan fingerprint density at radius 1 is 0.877 bits per heavy atom. The van der Waals surface area contributed by atoms with Crippen molar-refractivity contribution in [2.75, 3.05) is 39.5 Å². The fraction of sp³-hybridized carbons (Fsp3) is 0.491. The number of esters is 1. The molecule has 73 heavy (non-hydrogen) atoms. The number of nitrogens with one attached hydrogen (secondary N) is 3. The molecular weight excluding hydrogens is 990 g/mol. The molecule has 5 atom stereocenters. The summed E-state index contributed by atoms with van der Waals surface area (Å²) in [5, 5.41) is 19.3. The van der Waals surface area contributed by atoms with Crippen LogP contribution in [0.1, 0.15) is 117 Å². The standard InChI is InChI=1S/C53H66ClN9O8S2/c1-29(2)52(68)71-39-24-41(49(66)57-31(4)35-12-14-37(15-13-35)46-32(5)56-28-72-46)62(26-39)50(67)47(53(8,9)10)59-43(65)27-70-22-11-21-69-23-20-55-42(64)25-40-48-61-60-34(7)63(48)51-44(30(3)33(6)73-51)45(58-40)36-16-18-38(54)19-17-36/h12-19,28-29,31,39-41,47H,11,20-27H2,1-10H3,(H,55,64)(H,57,66)(H,59,65)/t31-,39+,40-,41-,47+/m0/s1. The first-order valence-electron chi connectivity index (χ1n) is 24.6. The lowest BCUT2D eigenvalue weighted by molar-refractivity contribution is -0.153. The van der Waals surface area contributed by atoms with E-state index in [1.165, 1.54) is 4.90 Å². The molecule has 17 nitrogen and oxygen atoms in total. The number of hydrogen-bond acceptors (Lipinski definition) is 14. The van der Waals surface area contributed by atoms with Crippen molar-refractivity contribution >= 4 is 69.6 Å². The Bertz CT molecular complexity index is 2820. The second-order valence-corrected chi connectivity index (χ2v) is 22.4. The molecule has 1 saturated heterocycles. The monoisotopic (exact) mass is 1060 g/mol. The van der Waals surface area contributed by atoms with Gasteiger partial charge in [-0.1, -0.05) is 82.6 Å². The number of aromatic nitrogens is 4. The lowest BCUT2D eigenvalue weighted by Gasteiger charge is -2.35. The van der Waals surface area contributed by atoms with Gasteiger partial charge in [0.25, 0.3) is 0 Å². The van der Waals surface area contributed by atoms with E-state index in [1.54, 1.807) is 36.5 Å². The largest absolute Gasteiger partial charge is 0.460 e. The summed E-state index contributed by atoms with van der Waals surface area (Å²) in [4.78, 5) is 81.1. The van der Waals surface area contributed by atoms with E-state index in [0.29, 0.717) is 29.7 Å². The number of thiophene rings is 1. The Labute approximate surface area is 439 Å². The first kappa shape index (κ1) is 54.9. The molecule has 5 aromatic rings. The average Bonchev–Trinajstić information content (AvgIpc) is 4.12. The smallest absolute Gasteiger partial charge is 0.308 e. The van der Waals surface area contributed by atoms with E-state index in [0.717, 1.165) is 54.0 Å². The third-order valence-corrected chi connectivity index (χ3v) is 15.3. The van der Waals surface area contributed by atoms with Gasteiger partial charge in [0.05, 0.1) is 53.3 Å². The number of benzene rings is 2. The summed E-state index contributed by atoms with van der Waals surface area (Å²) in [6, 6.07) is 12.5. The highest BCUT2D eigenvalue weighted by atomic mass is 35.5. The molecule has 2 aliphatic heterocycles. The maximum atomic E-state index is 14.5. The van der Waals surface area contributed by atoms with Crippen LogP contribution in [0.25, 0.3) is 15.4 Å². The number of fused-ring (bicyclic) bond motifs is 3. The SMILES string of the molecule is Cc1ncsc1-c1ccc([C@H](C)NC(=O)[C@@H]2C[C@@H](OC(=O)C(C)C)CN2C(=O)[C@@H](NC(=O)COCCCOCCNC(=O)C[C@@H]2N=C(c3ccc(Cl)cc3)c3c(sc(C)c3C)-n3c(C)nnc32)C(C)(C)C)cc1. The van der Waals surface area contributed by atoms with E-state index in [4.69, 9.17) is 30.8 Å². The number of aliphatic imine (C=N–C) groups is 1. The molecule has 0 saturated carbocycles. The molecule has 7 rings (SSSR count). The van der Waals surface area contributed by atoms with Crippen molar-refractivity contribution in [1.82, 2.24) is 40.6 Å². The van der Waals surface area contributed by atoms with Gasteiger partial charge in [-0.15, -0.1) is 32.9 Å². The number of aryl methyl sites for hydroxylation is 3. The predicted molar refractivity (Wildman–Crippen MR) is 282 cm³/mol. The molecule has 0 radical (unpaired) electrons. The quantitative estimate of drug-likeness (QED) is 0.0508. The molecule has 0 bridgehead atoms. The van der Waals surface area contributed by atoms with E-state index >= 15 is 0 Å². The van der Waals surface area contributed by atoms with Gasteiger partial charge in [-0.2, -0.15) is 0 Å². The zero-order valence-corrected chi connectivity index (χ0v) is 45.6. The zero-order valence-electron chi connectivity index (χ0n) is 43.2. The highest BCUT2D eigenvalue weighted by Gasteiger charge is 2.46. The van der Waals surface area contributed by atoms with Crippen LogP contribution in [0.2, 0.25) is 5.02 Å². The van der Waals surface area contributed by atoms with E-state index in [-0.39, 0.29) is 51.7 Å². The van der Waals surface area contributed by atoms with Crippen molar-refractivity contribution in [3.8, 4) is 15.4 Å². The van der Waals surface area contributed by atoms with Crippen LogP contribution in [-0.2, 0) is 38.2 Å². The van der Waals surface area contributed by atoms with Gasteiger partial charge in [-0.3, -0.25) is 33.5 Å². The van der Waals surface area contributed by atoms with E-state index in [2.05, 4.69) is 45.0 Å². The molecule has 0 aliphatic carbocycles. The number of amides is 4. The minimum absolute atomic E-state index is 0.00395. The minimum Gasteiger partial charge on any atom is -0.460 e. The number of nitrogens with zero attached hydrogens (tertiary/aromatic N) is 6. The molecular formula is C53H66ClN9O8S2. The number of hydrogen-bond donors (Lipinski definition) is 3. The van der Waals surface area contributed by atoms with Crippen LogP contribution in [-0.4, -0.2) is 118 Å². The number of thiazole rings is 1. The normalized spacial score (nSPS) is 17.3. The van der Waals surface area contributed by atoms with Crippen molar-refractivity contribution in [3.63, 3.8) is 0 Å². The third kappa shape index (κ3) is 13.3. The third-order valence-electron chi connectivity index (χ3n) is 12.9. The lowest BCUT2D eigenvalue weighted by Crippen LogP contribution is -2.58. The fourth-order valence-corrected chi connectivity index (χ4v) is 10.9. The zero-order chi connectivity index (χ0) is 52.7. The molecule has 1 fully saturated rings. The molecule has 3 aromatic heterocycles. The summed E-state index contributed by atoms with van der Waals surface area (Å²) in [6.45, 7) is 19.6. The summed E-state index contributed by atoms with van der Waals surface area (Å²) in [5.74, 6) is -1.10. The number of carbonyl (C=O) groups is 5. The summed E-state index contributed by atoms with van der Waals surface area (Å²) >= 11 is 9.46. The number of carbonyl (C=O) groups excluding carboxylic acids is 5. The maximum absolute atomic E-state index is 14.5. The maximum Gasteiger partial charge on any atom is 0.308 e. The van der Waals surface area contributed by atoms with Crippen LogP contribution >= 0.6 is 34.3 Å². The molecule has 5 heterocycles. The molecule has 3 N–H and O–H groups in total. The van der Waals surface area contributed by atoms with Gasteiger partial charge in [0.2, 0.25) is 23.6 Å². The first-order chi connectivity index (χ1) is 34.7. The van der Waals surface area contributed by atoms with Gasteiger partial charge in [0.1, 0.15) is 41.7 Å². The minimum atomic E-state index is -1.03. The second kappa shape index (κ2) is 24.0. The summed E-state index contributed by atoms with van der Waals surface area (Å²) in [5.41, 5.74) is 7.66. The Hall–Kier alpha value is -5.86. The number of rotatable bonds is 20. The van der Waals surface area contributed by atoms with Crippen molar-refractivity contribution in [3.05, 3.63) is 104 Å². The summed E-state index contributed by atoms with van der Waals surface area (Å²) in [7, 11) is 0. The highest BCUT2D eigenvalue weighted by molar-refractivity contribution is 7.15. The number of halogens is 1. The van der Waals surface area contributed by atoms with Gasteiger partial charge in [0, 0.05) is 47.2 Å². The van der Waals surface area contributed by atoms with Crippen molar-refractivity contribution < 1.29 is 38.2 Å². The van der Waals surface area contributed by atoms with Gasteiger partial charge in [-0.25, -0.2) is 4.98 Å². The van der Waals surface area contributed by atoms with Crippen molar-refractivity contribution in [1.29, 1.82) is 0 Å². The molecule has 0 unspecified atom stereocenters. The molecule has 20 heteroatoms. The number of ether oxygens (including phenoxy) is 3. The first-order valence-corrected chi connectivity index (χ1v) is 26.7. The van der Waals surface area contributed by atoms with Crippen LogP contribution in [0.15, 0.2) is 59.0 Å². The van der Waals surface area contributed by atoms with Gasteiger partial charge < -0.3 is 35.1 Å². The van der Waals surface area contributed by atoms with Gasteiger partial charge >= 0.3 is 5.97 Å². The Balaban J connectivity index is 0.874. The Morgan fingerprint density at radius 2 is 1.58 bits per heavy atom. The lowest BCUT2D eigenvalue weighted by atomic mass is 9.85. The molecule has 0 spiro atoms. The summed E-state index contributed by atoms with van der Waals surface area (Å²) in [6.07, 6.45) is -0.0801. The topological polar surface area (TPSA) is 208 Å². The number of likely N-dealkylation sites (tertiary alicyclic amines) is 1. The van der Waals surface area contributed by atoms with Crippen LogP contribution in [0, 0.1) is 39.0 Å². The Morgan fingerprint density at radius 3 is 2.25 bits per heavy atom. The highest BCUT2D eigenvalue weighted by Crippen LogP contribution is 2.40. The predicted octanol–water partition coefficient (Wildman–Crippen LogP) is 7.74. The molecule has 4 amide bonds. The van der Waals surface area contributed by atoms with Gasteiger partial charge in [0.15, 0.2) is 5.82 Å². The summed E-state index contributed by atoms with van der Waals surface area (Å²) < 4.78 is 19.2.